The molecule has 2 amide bonds. The molecule has 1 saturated heterocycles. The Morgan fingerprint density at radius 3 is 2.53 bits per heavy atom. The van der Waals surface area contributed by atoms with E-state index in [4.69, 9.17) is 0 Å². The number of rotatable bonds is 4. The summed E-state index contributed by atoms with van der Waals surface area (Å²) in [5.74, 6) is -5.73. The van der Waals surface area contributed by atoms with Gasteiger partial charge >= 0.3 is 0 Å². The van der Waals surface area contributed by atoms with Crippen molar-refractivity contribution in [1.82, 2.24) is 14.8 Å². The van der Waals surface area contributed by atoms with E-state index >= 15 is 0 Å². The highest BCUT2D eigenvalue weighted by Crippen LogP contribution is 2.38. The molecule has 4 rings (SSSR count). The van der Waals surface area contributed by atoms with Crippen LogP contribution in [0.4, 0.5) is 13.2 Å². The number of benzene rings is 1. The number of nitrogens with zero attached hydrogens (tertiary/aromatic N) is 2. The smallest absolute Gasteiger partial charge is 0.274 e. The lowest BCUT2D eigenvalue weighted by atomic mass is 9.87. The Morgan fingerprint density at radius 1 is 1.19 bits per heavy atom. The van der Waals surface area contributed by atoms with Gasteiger partial charge in [0.2, 0.25) is 5.43 Å². The second-order valence-corrected chi connectivity index (χ2v) is 8.23. The molecule has 1 aromatic carbocycles. The van der Waals surface area contributed by atoms with Crippen molar-refractivity contribution in [2.75, 3.05) is 13.1 Å². The summed E-state index contributed by atoms with van der Waals surface area (Å²) in [6.07, 6.45) is 4.15. The minimum absolute atomic E-state index is 0.155. The molecule has 7 nitrogen and oxygen atoms in total. The molecule has 1 fully saturated rings. The first kappa shape index (κ1) is 21.9. The summed E-state index contributed by atoms with van der Waals surface area (Å²) in [6.45, 7) is 2.21. The fourth-order valence-electron chi connectivity index (χ4n) is 4.60. The lowest BCUT2D eigenvalue weighted by molar-refractivity contribution is 0.0559. The third kappa shape index (κ3) is 3.43. The van der Waals surface area contributed by atoms with E-state index in [2.05, 4.69) is 5.32 Å². The first-order valence-electron chi connectivity index (χ1n) is 10.4. The molecular formula is C22H22F3N3O4. The van der Waals surface area contributed by atoms with Crippen molar-refractivity contribution in [3.63, 3.8) is 0 Å². The Hall–Kier alpha value is -3.30. The van der Waals surface area contributed by atoms with E-state index in [1.54, 1.807) is 4.90 Å². The average molecular weight is 449 g/mol. The highest BCUT2D eigenvalue weighted by Gasteiger charge is 2.44. The number of pyridine rings is 1. The Bertz CT molecular complexity index is 1160. The molecule has 0 saturated carbocycles. The van der Waals surface area contributed by atoms with Crippen LogP contribution < -0.4 is 10.7 Å². The van der Waals surface area contributed by atoms with Gasteiger partial charge in [0.25, 0.3) is 11.8 Å². The van der Waals surface area contributed by atoms with Gasteiger partial charge in [-0.05, 0) is 25.7 Å². The fraction of sp³-hybridized carbons (Fsp3) is 0.409. The van der Waals surface area contributed by atoms with E-state index in [1.807, 2.05) is 6.92 Å². The highest BCUT2D eigenvalue weighted by atomic mass is 19.1. The molecular weight excluding hydrogens is 427 g/mol. The van der Waals surface area contributed by atoms with Crippen molar-refractivity contribution in [2.24, 2.45) is 0 Å². The number of hydrogen-bond acceptors (Lipinski definition) is 4. The van der Waals surface area contributed by atoms with Gasteiger partial charge in [-0.3, -0.25) is 14.4 Å². The second-order valence-electron chi connectivity index (χ2n) is 8.23. The summed E-state index contributed by atoms with van der Waals surface area (Å²) in [4.78, 5) is 40.0. The van der Waals surface area contributed by atoms with Gasteiger partial charge in [-0.2, -0.15) is 0 Å². The van der Waals surface area contributed by atoms with Gasteiger partial charge in [-0.25, -0.2) is 13.2 Å². The summed E-state index contributed by atoms with van der Waals surface area (Å²) in [6, 6.07) is 0.969. The molecule has 32 heavy (non-hydrogen) atoms. The quantitative estimate of drug-likeness (QED) is 0.751. The van der Waals surface area contributed by atoms with Gasteiger partial charge in [0, 0.05) is 43.5 Å². The van der Waals surface area contributed by atoms with Crippen LogP contribution in [0, 0.1) is 17.5 Å². The van der Waals surface area contributed by atoms with Crippen molar-refractivity contribution in [2.45, 2.75) is 44.7 Å². The fourth-order valence-corrected chi connectivity index (χ4v) is 4.60. The first-order valence-corrected chi connectivity index (χ1v) is 10.4. The van der Waals surface area contributed by atoms with Crippen LogP contribution in [0.25, 0.3) is 0 Å². The summed E-state index contributed by atoms with van der Waals surface area (Å²) >= 11 is 0. The van der Waals surface area contributed by atoms with Gasteiger partial charge in [-0.15, -0.1) is 0 Å². The Balaban J connectivity index is 1.73. The number of fused-ring (bicyclic) bond motifs is 4. The van der Waals surface area contributed by atoms with Crippen LogP contribution >= 0.6 is 0 Å². The summed E-state index contributed by atoms with van der Waals surface area (Å²) in [7, 11) is 0. The zero-order chi connectivity index (χ0) is 23.2. The van der Waals surface area contributed by atoms with Crippen molar-refractivity contribution in [1.29, 1.82) is 0 Å². The maximum Gasteiger partial charge on any atom is 0.274 e. The number of aromatic nitrogens is 1. The van der Waals surface area contributed by atoms with Gasteiger partial charge in [0.15, 0.2) is 11.4 Å². The molecule has 170 valence electrons. The minimum Gasteiger partial charge on any atom is -0.503 e. The van der Waals surface area contributed by atoms with E-state index in [1.165, 1.54) is 10.8 Å². The lowest BCUT2D eigenvalue weighted by Crippen LogP contribution is -2.53. The molecule has 0 aliphatic carbocycles. The molecule has 2 aliphatic rings. The number of carbonyl (C=O) groups is 2. The molecule has 0 spiro atoms. The third-order valence-electron chi connectivity index (χ3n) is 6.42. The van der Waals surface area contributed by atoms with Crippen LogP contribution in [0.1, 0.15) is 59.0 Å². The lowest BCUT2D eigenvalue weighted by Gasteiger charge is -2.44. The second kappa shape index (κ2) is 7.99. The van der Waals surface area contributed by atoms with E-state index in [9.17, 15) is 32.7 Å². The van der Waals surface area contributed by atoms with E-state index < -0.39 is 63.7 Å². The van der Waals surface area contributed by atoms with Gasteiger partial charge < -0.3 is 19.9 Å². The molecule has 1 atom stereocenters. The number of nitrogens with one attached hydrogen (secondary N) is 1. The predicted molar refractivity (Wildman–Crippen MR) is 108 cm³/mol. The van der Waals surface area contributed by atoms with Crippen LogP contribution in [0.5, 0.6) is 5.75 Å². The van der Waals surface area contributed by atoms with Crippen LogP contribution in [0.2, 0.25) is 0 Å². The monoisotopic (exact) mass is 449 g/mol. The molecule has 1 unspecified atom stereocenters. The van der Waals surface area contributed by atoms with Crippen molar-refractivity contribution in [3.8, 4) is 5.75 Å². The minimum atomic E-state index is -1.18. The maximum absolute atomic E-state index is 13.9. The Kier molecular flexibility index (Phi) is 5.47. The largest absolute Gasteiger partial charge is 0.503 e. The average Bonchev–Trinajstić information content (AvgIpc) is 2.94. The van der Waals surface area contributed by atoms with E-state index in [-0.39, 0.29) is 5.69 Å². The topological polar surface area (TPSA) is 91.6 Å². The molecule has 2 aliphatic heterocycles. The van der Waals surface area contributed by atoms with Crippen LogP contribution in [-0.2, 0) is 12.1 Å². The maximum atomic E-state index is 13.9. The van der Waals surface area contributed by atoms with E-state index in [0.717, 1.165) is 12.8 Å². The standard InChI is InChI=1S/C22H22F3N3O4/c1-2-22-5-3-4-6-27(11-22)21(32)17-19(30)18(29)14(10-28(17)22)20(31)26-9-13-15(24)7-12(23)8-16(13)25/h7-8,10,30H,2-6,9,11H2,1H3,(H,26,31). The Labute approximate surface area is 181 Å². The SMILES string of the molecule is CCC12CCCCN(C1)C(=O)c1c(O)c(=O)c(C(=O)NCc3c(F)cc(F)cc3F)cn12. The van der Waals surface area contributed by atoms with Crippen molar-refractivity contribution < 1.29 is 27.9 Å². The summed E-state index contributed by atoms with van der Waals surface area (Å²) < 4.78 is 42.4. The highest BCUT2D eigenvalue weighted by molar-refractivity contribution is 5.99. The zero-order valence-electron chi connectivity index (χ0n) is 17.4. The number of amides is 2. The number of aromatic hydroxyl groups is 1. The van der Waals surface area contributed by atoms with Gasteiger partial charge in [-0.1, -0.05) is 6.92 Å². The predicted octanol–water partition coefficient (Wildman–Crippen LogP) is 2.65. The molecule has 2 bridgehead atoms. The zero-order valence-corrected chi connectivity index (χ0v) is 17.4. The van der Waals surface area contributed by atoms with Crippen molar-refractivity contribution >= 4 is 11.8 Å². The summed E-state index contributed by atoms with van der Waals surface area (Å²) in [5, 5.41) is 12.8. The number of carbonyl (C=O) groups excluding carboxylic acids is 2. The van der Waals surface area contributed by atoms with Crippen LogP contribution in [0.15, 0.2) is 23.1 Å². The first-order chi connectivity index (χ1) is 15.2. The number of halogens is 3. The molecule has 2 N–H and O–H groups in total. The van der Waals surface area contributed by atoms with Gasteiger partial charge in [0.1, 0.15) is 23.0 Å². The molecule has 3 heterocycles. The van der Waals surface area contributed by atoms with Gasteiger partial charge in [0.05, 0.1) is 5.54 Å². The normalized spacial score (nSPS) is 20.0. The molecule has 2 aromatic rings. The Morgan fingerprint density at radius 2 is 1.88 bits per heavy atom. The molecule has 1 aromatic heterocycles. The molecule has 10 heteroatoms. The molecule has 0 radical (unpaired) electrons. The summed E-state index contributed by atoms with van der Waals surface area (Å²) in [5.41, 5.74) is -2.81. The van der Waals surface area contributed by atoms with Crippen LogP contribution in [0.3, 0.4) is 0 Å². The number of hydrogen-bond donors (Lipinski definition) is 2. The van der Waals surface area contributed by atoms with Crippen LogP contribution in [-0.4, -0.2) is 39.5 Å². The van der Waals surface area contributed by atoms with E-state index in [0.29, 0.717) is 38.1 Å². The third-order valence-corrected chi connectivity index (χ3v) is 6.42. The van der Waals surface area contributed by atoms with Crippen molar-refractivity contribution in [3.05, 3.63) is 62.8 Å².